The monoisotopic (exact) mass is 711 g/mol. The SMILES string of the molecule is CC(C)(C)c1cc(-c2ccccc2-c2ccccc2)ccc1N(c1ccc(-c2ccccc2)cc1)c1ccc(-c2ccc3c(c2)sc2ccccc23)cc1. The summed E-state index contributed by atoms with van der Waals surface area (Å²) in [5, 5.41) is 2.66. The van der Waals surface area contributed by atoms with E-state index in [2.05, 4.69) is 220 Å². The lowest BCUT2D eigenvalue weighted by molar-refractivity contribution is 0.591. The Bertz CT molecular complexity index is 2720. The van der Waals surface area contributed by atoms with Crippen LogP contribution in [0.15, 0.2) is 194 Å². The summed E-state index contributed by atoms with van der Waals surface area (Å²) in [4.78, 5) is 2.43. The van der Waals surface area contributed by atoms with E-state index in [0.29, 0.717) is 0 Å². The third-order valence-corrected chi connectivity index (χ3v) is 11.6. The highest BCUT2D eigenvalue weighted by atomic mass is 32.1. The predicted molar refractivity (Wildman–Crippen MR) is 234 cm³/mol. The van der Waals surface area contributed by atoms with Crippen LogP contribution >= 0.6 is 11.3 Å². The number of thiophene rings is 1. The number of rotatable bonds is 7. The number of benzene rings is 8. The fourth-order valence-corrected chi connectivity index (χ4v) is 8.82. The van der Waals surface area contributed by atoms with Gasteiger partial charge < -0.3 is 4.90 Å². The summed E-state index contributed by atoms with van der Waals surface area (Å²) in [7, 11) is 0. The fraction of sp³-hybridized carbons (Fsp3) is 0.0769. The molecule has 54 heavy (non-hydrogen) atoms. The number of hydrogen-bond acceptors (Lipinski definition) is 2. The summed E-state index contributed by atoms with van der Waals surface area (Å²) >= 11 is 1.87. The van der Waals surface area contributed by atoms with Crippen molar-refractivity contribution >= 4 is 48.6 Å². The topological polar surface area (TPSA) is 3.24 Å². The number of hydrogen-bond donors (Lipinski definition) is 0. The molecule has 1 aromatic heterocycles. The average molecular weight is 712 g/mol. The highest BCUT2D eigenvalue weighted by Crippen LogP contribution is 2.45. The average Bonchev–Trinajstić information content (AvgIpc) is 3.60. The largest absolute Gasteiger partial charge is 0.310 e. The van der Waals surface area contributed by atoms with Crippen molar-refractivity contribution in [3.63, 3.8) is 0 Å². The lowest BCUT2D eigenvalue weighted by atomic mass is 9.82. The van der Waals surface area contributed by atoms with E-state index in [9.17, 15) is 0 Å². The van der Waals surface area contributed by atoms with E-state index < -0.39 is 0 Å². The smallest absolute Gasteiger partial charge is 0.0499 e. The molecule has 0 fully saturated rings. The van der Waals surface area contributed by atoms with Crippen molar-refractivity contribution in [1.82, 2.24) is 0 Å². The van der Waals surface area contributed by atoms with Crippen LogP contribution in [0.1, 0.15) is 26.3 Å². The van der Waals surface area contributed by atoms with Gasteiger partial charge in [0.25, 0.3) is 0 Å². The second-order valence-corrected chi connectivity index (χ2v) is 16.1. The molecule has 9 rings (SSSR count). The molecular formula is C52H41NS. The summed E-state index contributed by atoms with van der Waals surface area (Å²) < 4.78 is 2.65. The first-order chi connectivity index (χ1) is 26.4. The molecule has 1 heterocycles. The minimum atomic E-state index is -0.130. The van der Waals surface area contributed by atoms with Crippen LogP contribution in [0.25, 0.3) is 64.7 Å². The van der Waals surface area contributed by atoms with Crippen molar-refractivity contribution in [2.75, 3.05) is 4.90 Å². The van der Waals surface area contributed by atoms with Crippen molar-refractivity contribution < 1.29 is 0 Å². The molecule has 1 nitrogen and oxygen atoms in total. The van der Waals surface area contributed by atoms with Crippen LogP contribution in [0.2, 0.25) is 0 Å². The van der Waals surface area contributed by atoms with Gasteiger partial charge in [0, 0.05) is 37.2 Å². The first kappa shape index (κ1) is 33.6. The van der Waals surface area contributed by atoms with E-state index >= 15 is 0 Å². The van der Waals surface area contributed by atoms with Crippen molar-refractivity contribution in [3.8, 4) is 44.5 Å². The first-order valence-electron chi connectivity index (χ1n) is 18.7. The summed E-state index contributed by atoms with van der Waals surface area (Å²) in [5.74, 6) is 0. The highest BCUT2D eigenvalue weighted by Gasteiger charge is 2.25. The Balaban J connectivity index is 1.16. The minimum Gasteiger partial charge on any atom is -0.310 e. The third kappa shape index (κ3) is 6.40. The van der Waals surface area contributed by atoms with Gasteiger partial charge in [-0.1, -0.05) is 166 Å². The second kappa shape index (κ2) is 14.0. The molecule has 260 valence electrons. The van der Waals surface area contributed by atoms with Crippen LogP contribution in [0, 0.1) is 0 Å². The molecule has 0 saturated carbocycles. The summed E-state index contributed by atoms with van der Waals surface area (Å²) in [6.07, 6.45) is 0. The van der Waals surface area contributed by atoms with Crippen LogP contribution in [-0.4, -0.2) is 0 Å². The lowest BCUT2D eigenvalue weighted by Crippen LogP contribution is -2.19. The quantitative estimate of drug-likeness (QED) is 0.159. The van der Waals surface area contributed by atoms with Gasteiger partial charge in [0.05, 0.1) is 0 Å². The molecule has 0 aliphatic heterocycles. The Hall–Kier alpha value is -6.22. The zero-order valence-corrected chi connectivity index (χ0v) is 31.6. The Morgan fingerprint density at radius 2 is 0.852 bits per heavy atom. The summed E-state index contributed by atoms with van der Waals surface area (Å²) in [5.41, 5.74) is 14.4. The zero-order valence-electron chi connectivity index (χ0n) is 30.8. The first-order valence-corrected chi connectivity index (χ1v) is 19.5. The van der Waals surface area contributed by atoms with Gasteiger partial charge in [-0.2, -0.15) is 0 Å². The molecule has 0 spiro atoms. The van der Waals surface area contributed by atoms with Gasteiger partial charge >= 0.3 is 0 Å². The van der Waals surface area contributed by atoms with Crippen LogP contribution in [0.4, 0.5) is 17.1 Å². The fourth-order valence-electron chi connectivity index (χ4n) is 7.67. The molecule has 0 unspecified atom stereocenters. The predicted octanol–water partition coefficient (Wildman–Crippen LogP) is 15.5. The zero-order chi connectivity index (χ0) is 36.6. The Morgan fingerprint density at radius 1 is 0.370 bits per heavy atom. The lowest BCUT2D eigenvalue weighted by Gasteiger charge is -2.33. The van der Waals surface area contributed by atoms with Gasteiger partial charge in [-0.3, -0.25) is 0 Å². The molecular weight excluding hydrogens is 671 g/mol. The minimum absolute atomic E-state index is 0.130. The van der Waals surface area contributed by atoms with Crippen LogP contribution < -0.4 is 4.90 Å². The highest BCUT2D eigenvalue weighted by molar-refractivity contribution is 7.25. The molecule has 0 amide bonds. The van der Waals surface area contributed by atoms with Gasteiger partial charge in [0.1, 0.15) is 0 Å². The van der Waals surface area contributed by atoms with Gasteiger partial charge in [-0.05, 0) is 104 Å². The molecule has 9 aromatic rings. The molecule has 0 atom stereocenters. The third-order valence-electron chi connectivity index (χ3n) is 10.4. The van der Waals surface area contributed by atoms with Gasteiger partial charge in [0.2, 0.25) is 0 Å². The molecule has 0 bridgehead atoms. The van der Waals surface area contributed by atoms with Crippen LogP contribution in [0.5, 0.6) is 0 Å². The van der Waals surface area contributed by atoms with Crippen molar-refractivity contribution in [1.29, 1.82) is 0 Å². The molecule has 0 N–H and O–H groups in total. The Morgan fingerprint density at radius 3 is 1.50 bits per heavy atom. The van der Waals surface area contributed by atoms with Crippen LogP contribution in [0.3, 0.4) is 0 Å². The number of nitrogens with zero attached hydrogens (tertiary/aromatic N) is 1. The standard InChI is InChI=1S/C52H41NS/c1-52(2,3)48-34-41(45-19-11-10-18-44(45)39-16-8-5-9-17-39)27-33-49(48)53(42-28-22-37(23-29-42)36-14-6-4-7-15-36)43-30-24-38(25-31-43)40-26-32-47-46-20-12-13-21-50(46)54-51(47)35-40/h4-35H,1-3H3. The van der Waals surface area contributed by atoms with Gasteiger partial charge in [0.15, 0.2) is 0 Å². The van der Waals surface area contributed by atoms with Gasteiger partial charge in [-0.25, -0.2) is 0 Å². The number of anilines is 3. The van der Waals surface area contributed by atoms with E-state index in [0.717, 1.165) is 11.4 Å². The maximum absolute atomic E-state index is 2.43. The Labute approximate surface area is 322 Å². The molecule has 0 saturated heterocycles. The molecule has 2 heteroatoms. The van der Waals surface area contributed by atoms with Crippen molar-refractivity contribution in [2.45, 2.75) is 26.2 Å². The second-order valence-electron chi connectivity index (χ2n) is 15.0. The van der Waals surface area contributed by atoms with Crippen LogP contribution in [-0.2, 0) is 5.41 Å². The van der Waals surface area contributed by atoms with E-state index in [4.69, 9.17) is 0 Å². The number of fused-ring (bicyclic) bond motifs is 3. The van der Waals surface area contributed by atoms with E-state index in [1.165, 1.54) is 75.9 Å². The summed E-state index contributed by atoms with van der Waals surface area (Å²) in [6, 6.07) is 70.8. The maximum atomic E-state index is 2.43. The van der Waals surface area contributed by atoms with Gasteiger partial charge in [-0.15, -0.1) is 11.3 Å². The van der Waals surface area contributed by atoms with Crippen molar-refractivity contribution in [2.24, 2.45) is 0 Å². The normalized spacial score (nSPS) is 11.6. The van der Waals surface area contributed by atoms with Crippen molar-refractivity contribution in [3.05, 3.63) is 200 Å². The maximum Gasteiger partial charge on any atom is 0.0499 e. The van der Waals surface area contributed by atoms with E-state index in [1.807, 2.05) is 11.3 Å². The van der Waals surface area contributed by atoms with E-state index in [-0.39, 0.29) is 5.41 Å². The Kier molecular flexibility index (Phi) is 8.69. The molecule has 0 radical (unpaired) electrons. The molecule has 8 aromatic carbocycles. The molecule has 0 aliphatic carbocycles. The van der Waals surface area contributed by atoms with E-state index in [1.54, 1.807) is 0 Å². The summed E-state index contributed by atoms with van der Waals surface area (Å²) in [6.45, 7) is 6.97. The molecule has 0 aliphatic rings.